The lowest BCUT2D eigenvalue weighted by molar-refractivity contribution is -0.122. The highest BCUT2D eigenvalue weighted by atomic mass is 32.2. The van der Waals surface area contributed by atoms with Gasteiger partial charge >= 0.3 is 0 Å². The van der Waals surface area contributed by atoms with Gasteiger partial charge in [0.15, 0.2) is 11.5 Å². The van der Waals surface area contributed by atoms with Crippen molar-refractivity contribution < 1.29 is 22.7 Å². The Labute approximate surface area is 124 Å². The number of ether oxygens (including phenoxy) is 2. The maximum absolute atomic E-state index is 12.2. The fourth-order valence-corrected chi connectivity index (χ4v) is 2.88. The van der Waals surface area contributed by atoms with Gasteiger partial charge in [0.25, 0.3) is 0 Å². The SMILES string of the molecule is CCNC(=O)[C@@H](C)NS(=O)(=O)c1ccc(OC)c(OC)c1. The number of methoxy groups -OCH3 is 2. The lowest BCUT2D eigenvalue weighted by Gasteiger charge is -2.15. The van der Waals surface area contributed by atoms with Crippen molar-refractivity contribution in [2.75, 3.05) is 20.8 Å². The lowest BCUT2D eigenvalue weighted by Crippen LogP contribution is -2.44. The highest BCUT2D eigenvalue weighted by Gasteiger charge is 2.22. The van der Waals surface area contributed by atoms with Crippen LogP contribution in [0.25, 0.3) is 0 Å². The number of carbonyl (C=O) groups is 1. The van der Waals surface area contributed by atoms with Crippen molar-refractivity contribution >= 4 is 15.9 Å². The van der Waals surface area contributed by atoms with Crippen LogP contribution in [-0.2, 0) is 14.8 Å². The van der Waals surface area contributed by atoms with Crippen LogP contribution in [0.1, 0.15) is 13.8 Å². The van der Waals surface area contributed by atoms with Gasteiger partial charge < -0.3 is 14.8 Å². The van der Waals surface area contributed by atoms with Crippen molar-refractivity contribution in [3.63, 3.8) is 0 Å². The van der Waals surface area contributed by atoms with Gasteiger partial charge in [0.2, 0.25) is 15.9 Å². The zero-order chi connectivity index (χ0) is 16.0. The van der Waals surface area contributed by atoms with Gasteiger partial charge in [-0.05, 0) is 26.0 Å². The molecule has 0 heterocycles. The lowest BCUT2D eigenvalue weighted by atomic mass is 10.3. The van der Waals surface area contributed by atoms with E-state index in [4.69, 9.17) is 9.47 Å². The van der Waals surface area contributed by atoms with Gasteiger partial charge in [-0.1, -0.05) is 0 Å². The predicted molar refractivity (Wildman–Crippen MR) is 78.0 cm³/mol. The molecule has 0 aliphatic carbocycles. The fourth-order valence-electron chi connectivity index (χ4n) is 1.67. The van der Waals surface area contributed by atoms with E-state index in [1.54, 1.807) is 6.92 Å². The van der Waals surface area contributed by atoms with Gasteiger partial charge in [0, 0.05) is 12.6 Å². The highest BCUT2D eigenvalue weighted by molar-refractivity contribution is 7.89. The standard InChI is InChI=1S/C13H20N2O5S/c1-5-14-13(16)9(2)15-21(17,18)10-6-7-11(19-3)12(8-10)20-4/h6-9,15H,5H2,1-4H3,(H,14,16)/t9-/m1/s1. The molecule has 2 N–H and O–H groups in total. The average molecular weight is 316 g/mol. The molecule has 118 valence electrons. The van der Waals surface area contributed by atoms with Crippen molar-refractivity contribution in [1.29, 1.82) is 0 Å². The maximum Gasteiger partial charge on any atom is 0.241 e. The monoisotopic (exact) mass is 316 g/mol. The minimum atomic E-state index is -3.83. The Morgan fingerprint density at radius 2 is 1.86 bits per heavy atom. The van der Waals surface area contributed by atoms with Gasteiger partial charge in [-0.25, -0.2) is 8.42 Å². The van der Waals surface area contributed by atoms with Gasteiger partial charge in [-0.2, -0.15) is 4.72 Å². The smallest absolute Gasteiger partial charge is 0.241 e. The Balaban J connectivity index is 3.00. The van der Waals surface area contributed by atoms with Crippen LogP contribution in [0.3, 0.4) is 0 Å². The highest BCUT2D eigenvalue weighted by Crippen LogP contribution is 2.29. The molecule has 0 aliphatic rings. The number of hydrogen-bond donors (Lipinski definition) is 2. The Kier molecular flexibility index (Phi) is 5.98. The van der Waals surface area contributed by atoms with Crippen molar-refractivity contribution in [1.82, 2.24) is 10.0 Å². The van der Waals surface area contributed by atoms with Crippen LogP contribution in [0.2, 0.25) is 0 Å². The molecule has 1 atom stereocenters. The topological polar surface area (TPSA) is 93.7 Å². The number of likely N-dealkylation sites (N-methyl/N-ethyl adjacent to an activating group) is 1. The molecule has 0 aromatic heterocycles. The van der Waals surface area contributed by atoms with Crippen LogP contribution in [0.4, 0.5) is 0 Å². The maximum atomic E-state index is 12.2. The van der Waals surface area contributed by atoms with Gasteiger partial charge in [-0.3, -0.25) is 4.79 Å². The molecular weight excluding hydrogens is 296 g/mol. The summed E-state index contributed by atoms with van der Waals surface area (Å²) in [4.78, 5) is 11.6. The second-order valence-corrected chi connectivity index (χ2v) is 5.97. The van der Waals surface area contributed by atoms with Gasteiger partial charge in [0.1, 0.15) is 0 Å². The van der Waals surface area contributed by atoms with E-state index in [9.17, 15) is 13.2 Å². The molecule has 0 fully saturated rings. The summed E-state index contributed by atoms with van der Waals surface area (Å²) in [6, 6.07) is 3.34. The number of amides is 1. The summed E-state index contributed by atoms with van der Waals surface area (Å²) in [5.74, 6) is 0.334. The van der Waals surface area contributed by atoms with Crippen LogP contribution in [-0.4, -0.2) is 41.1 Å². The van der Waals surface area contributed by atoms with E-state index >= 15 is 0 Å². The van der Waals surface area contributed by atoms with Crippen LogP contribution in [0, 0.1) is 0 Å². The molecule has 0 saturated heterocycles. The molecular formula is C13H20N2O5S. The Morgan fingerprint density at radius 3 is 2.38 bits per heavy atom. The molecule has 21 heavy (non-hydrogen) atoms. The van der Waals surface area contributed by atoms with Crippen LogP contribution in [0.5, 0.6) is 11.5 Å². The molecule has 0 radical (unpaired) electrons. The number of sulfonamides is 1. The molecule has 0 spiro atoms. The second kappa shape index (κ2) is 7.28. The summed E-state index contributed by atoms with van der Waals surface area (Å²) in [6.07, 6.45) is 0. The van der Waals surface area contributed by atoms with Gasteiger partial charge in [-0.15, -0.1) is 0 Å². The first-order valence-electron chi connectivity index (χ1n) is 6.37. The molecule has 0 bridgehead atoms. The van der Waals surface area contributed by atoms with Crippen LogP contribution >= 0.6 is 0 Å². The molecule has 8 heteroatoms. The third-order valence-corrected chi connectivity index (χ3v) is 4.28. The quantitative estimate of drug-likeness (QED) is 0.764. The van der Waals surface area contributed by atoms with Crippen molar-refractivity contribution in [2.24, 2.45) is 0 Å². The van der Waals surface area contributed by atoms with Crippen molar-refractivity contribution in [3.8, 4) is 11.5 Å². The number of carbonyl (C=O) groups excluding carboxylic acids is 1. The Hall–Kier alpha value is -1.80. The molecule has 1 amide bonds. The summed E-state index contributed by atoms with van der Waals surface area (Å²) < 4.78 is 36.9. The van der Waals surface area contributed by atoms with E-state index in [0.717, 1.165) is 0 Å². The van der Waals surface area contributed by atoms with E-state index in [-0.39, 0.29) is 10.8 Å². The zero-order valence-corrected chi connectivity index (χ0v) is 13.3. The minimum absolute atomic E-state index is 0.00343. The number of rotatable bonds is 7. The predicted octanol–water partition coefficient (Wildman–Crippen LogP) is 0.507. The Bertz CT molecular complexity index is 601. The summed E-state index contributed by atoms with van der Waals surface area (Å²) in [5, 5.41) is 2.55. The van der Waals surface area contributed by atoms with Crippen molar-refractivity contribution in [3.05, 3.63) is 18.2 Å². The first-order valence-corrected chi connectivity index (χ1v) is 7.86. The molecule has 7 nitrogen and oxygen atoms in total. The third-order valence-electron chi connectivity index (χ3n) is 2.74. The molecule has 1 aromatic carbocycles. The molecule has 0 unspecified atom stereocenters. The second-order valence-electron chi connectivity index (χ2n) is 4.25. The van der Waals surface area contributed by atoms with E-state index < -0.39 is 16.1 Å². The van der Waals surface area contributed by atoms with E-state index in [0.29, 0.717) is 18.0 Å². The average Bonchev–Trinajstić information content (AvgIpc) is 2.46. The largest absolute Gasteiger partial charge is 0.493 e. The summed E-state index contributed by atoms with van der Waals surface area (Å²) in [6.45, 7) is 3.66. The number of nitrogens with one attached hydrogen (secondary N) is 2. The minimum Gasteiger partial charge on any atom is -0.493 e. The zero-order valence-electron chi connectivity index (χ0n) is 12.5. The third kappa shape index (κ3) is 4.33. The molecule has 1 rings (SSSR count). The number of benzene rings is 1. The molecule has 0 saturated carbocycles. The normalized spacial score (nSPS) is 12.6. The first kappa shape index (κ1) is 17.3. The molecule has 0 aliphatic heterocycles. The van der Waals surface area contributed by atoms with E-state index in [2.05, 4.69) is 10.0 Å². The van der Waals surface area contributed by atoms with E-state index in [1.807, 2.05) is 0 Å². The van der Waals surface area contributed by atoms with Gasteiger partial charge in [0.05, 0.1) is 25.2 Å². The Morgan fingerprint density at radius 1 is 1.24 bits per heavy atom. The van der Waals surface area contributed by atoms with E-state index in [1.165, 1.54) is 39.3 Å². The summed E-state index contributed by atoms with van der Waals surface area (Å²) in [7, 11) is -0.951. The fraction of sp³-hybridized carbons (Fsp3) is 0.462. The number of hydrogen-bond acceptors (Lipinski definition) is 5. The molecule has 1 aromatic rings. The van der Waals surface area contributed by atoms with Crippen LogP contribution < -0.4 is 19.5 Å². The van der Waals surface area contributed by atoms with Crippen molar-refractivity contribution in [2.45, 2.75) is 24.8 Å². The summed E-state index contributed by atoms with van der Waals surface area (Å²) in [5.41, 5.74) is 0. The first-order chi connectivity index (χ1) is 9.85. The summed E-state index contributed by atoms with van der Waals surface area (Å²) >= 11 is 0. The van der Waals surface area contributed by atoms with Crippen LogP contribution in [0.15, 0.2) is 23.1 Å².